The smallest absolute Gasteiger partial charge is 0.237 e. The lowest BCUT2D eigenvalue weighted by molar-refractivity contribution is -0.116. The minimum atomic E-state index is -0.383. The largest absolute Gasteiger partial charge is 0.326 e. The molecular formula is C22H24ClN5O2S. The first-order valence-corrected chi connectivity index (χ1v) is 11.1. The Morgan fingerprint density at radius 2 is 1.65 bits per heavy atom. The Morgan fingerprint density at radius 1 is 1.03 bits per heavy atom. The number of halogens is 1. The maximum absolute atomic E-state index is 12.6. The highest BCUT2D eigenvalue weighted by Gasteiger charge is 2.21. The van der Waals surface area contributed by atoms with Crippen molar-refractivity contribution in [3.63, 3.8) is 0 Å². The molecule has 0 aliphatic heterocycles. The number of aromatic nitrogens is 3. The van der Waals surface area contributed by atoms with Gasteiger partial charge >= 0.3 is 0 Å². The number of aryl methyl sites for hydroxylation is 1. The molecule has 1 heterocycles. The summed E-state index contributed by atoms with van der Waals surface area (Å²) in [6.45, 7) is 6.35. The molecule has 0 aliphatic carbocycles. The average molecular weight is 458 g/mol. The molecule has 0 saturated heterocycles. The van der Waals surface area contributed by atoms with Crippen molar-refractivity contribution >= 4 is 46.6 Å². The number of thioether (sulfide) groups is 1. The second-order valence-corrected chi connectivity index (χ2v) is 8.73. The lowest BCUT2D eigenvalue weighted by Crippen LogP contribution is -2.23. The van der Waals surface area contributed by atoms with Crippen LogP contribution in [0.25, 0.3) is 0 Å². The zero-order chi connectivity index (χ0) is 22.4. The van der Waals surface area contributed by atoms with Crippen LogP contribution in [0.15, 0.2) is 53.7 Å². The van der Waals surface area contributed by atoms with Crippen LogP contribution in [0.4, 0.5) is 11.4 Å². The monoisotopic (exact) mass is 457 g/mol. The number of nitrogens with one attached hydrogen (secondary N) is 2. The summed E-state index contributed by atoms with van der Waals surface area (Å²) in [5.41, 5.74) is 2.54. The van der Waals surface area contributed by atoms with Gasteiger partial charge < -0.3 is 15.2 Å². The normalized spacial score (nSPS) is 11.7. The molecule has 0 saturated carbocycles. The molecule has 7 nitrogen and oxygen atoms in total. The molecule has 0 radical (unpaired) electrons. The number of carbonyl (C=O) groups excluding carboxylic acids is 2. The number of anilines is 2. The lowest BCUT2D eigenvalue weighted by atomic mass is 10.2. The fraction of sp³-hybridized carbons (Fsp3) is 0.273. The SMILES string of the molecule is CCn1c(CC(=O)Nc2ccc(Cl)cc2)nnc1SC(C)C(=O)Nc1ccc(C)cc1. The molecule has 0 aliphatic rings. The summed E-state index contributed by atoms with van der Waals surface area (Å²) >= 11 is 7.18. The average Bonchev–Trinajstić information content (AvgIpc) is 3.12. The lowest BCUT2D eigenvalue weighted by Gasteiger charge is -2.13. The predicted molar refractivity (Wildman–Crippen MR) is 125 cm³/mol. The van der Waals surface area contributed by atoms with Crippen LogP contribution in [0.3, 0.4) is 0 Å². The van der Waals surface area contributed by atoms with Crippen molar-refractivity contribution in [3.8, 4) is 0 Å². The van der Waals surface area contributed by atoms with Gasteiger partial charge in [0.15, 0.2) is 5.16 Å². The Hall–Kier alpha value is -2.84. The van der Waals surface area contributed by atoms with Gasteiger partial charge in [0, 0.05) is 22.9 Å². The Kier molecular flexibility index (Phi) is 7.70. The van der Waals surface area contributed by atoms with E-state index in [1.807, 2.05) is 49.6 Å². The van der Waals surface area contributed by atoms with Gasteiger partial charge in [-0.25, -0.2) is 0 Å². The highest BCUT2D eigenvalue weighted by atomic mass is 35.5. The molecule has 3 aromatic rings. The predicted octanol–water partition coefficient (Wildman–Crippen LogP) is 4.56. The second-order valence-electron chi connectivity index (χ2n) is 6.99. The van der Waals surface area contributed by atoms with E-state index in [1.165, 1.54) is 11.8 Å². The quantitative estimate of drug-likeness (QED) is 0.484. The Bertz CT molecular complexity index is 1050. The highest BCUT2D eigenvalue weighted by Crippen LogP contribution is 2.24. The van der Waals surface area contributed by atoms with Crippen LogP contribution in [-0.2, 0) is 22.6 Å². The molecule has 1 atom stereocenters. The molecule has 3 rings (SSSR count). The minimum absolute atomic E-state index is 0.0774. The fourth-order valence-electron chi connectivity index (χ4n) is 2.83. The third kappa shape index (κ3) is 6.32. The van der Waals surface area contributed by atoms with Crippen molar-refractivity contribution in [2.45, 2.75) is 44.1 Å². The third-order valence-electron chi connectivity index (χ3n) is 4.53. The van der Waals surface area contributed by atoms with E-state index in [0.717, 1.165) is 11.3 Å². The molecule has 1 aromatic heterocycles. The van der Waals surface area contributed by atoms with Gasteiger partial charge in [0.05, 0.1) is 11.7 Å². The van der Waals surface area contributed by atoms with Gasteiger partial charge in [-0.3, -0.25) is 9.59 Å². The van der Waals surface area contributed by atoms with Gasteiger partial charge in [-0.1, -0.05) is 41.1 Å². The topological polar surface area (TPSA) is 88.9 Å². The van der Waals surface area contributed by atoms with E-state index in [9.17, 15) is 9.59 Å². The molecule has 0 bridgehead atoms. The number of rotatable bonds is 8. The third-order valence-corrected chi connectivity index (χ3v) is 5.86. The van der Waals surface area contributed by atoms with Crippen molar-refractivity contribution in [3.05, 3.63) is 64.9 Å². The number of carbonyl (C=O) groups is 2. The van der Waals surface area contributed by atoms with Crippen LogP contribution in [0.1, 0.15) is 25.2 Å². The van der Waals surface area contributed by atoms with Crippen LogP contribution >= 0.6 is 23.4 Å². The summed E-state index contributed by atoms with van der Waals surface area (Å²) < 4.78 is 1.85. The van der Waals surface area contributed by atoms with Gasteiger partial charge in [-0.2, -0.15) is 0 Å². The molecular weight excluding hydrogens is 434 g/mol. The van der Waals surface area contributed by atoms with Crippen LogP contribution in [0.5, 0.6) is 0 Å². The fourth-order valence-corrected chi connectivity index (χ4v) is 3.89. The van der Waals surface area contributed by atoms with Crippen LogP contribution in [0, 0.1) is 6.92 Å². The first kappa shape index (κ1) is 22.8. The van der Waals surface area contributed by atoms with Crippen molar-refractivity contribution in [2.24, 2.45) is 0 Å². The molecule has 2 aromatic carbocycles. The van der Waals surface area contributed by atoms with E-state index >= 15 is 0 Å². The first-order valence-electron chi connectivity index (χ1n) is 9.87. The van der Waals surface area contributed by atoms with Crippen molar-refractivity contribution in [1.82, 2.24) is 14.8 Å². The van der Waals surface area contributed by atoms with E-state index < -0.39 is 0 Å². The highest BCUT2D eigenvalue weighted by molar-refractivity contribution is 8.00. The molecule has 162 valence electrons. The summed E-state index contributed by atoms with van der Waals surface area (Å²) in [7, 11) is 0. The summed E-state index contributed by atoms with van der Waals surface area (Å²) in [6, 6.07) is 14.5. The second kappa shape index (κ2) is 10.5. The maximum atomic E-state index is 12.6. The number of hydrogen-bond acceptors (Lipinski definition) is 5. The number of benzene rings is 2. The van der Waals surface area contributed by atoms with Gasteiger partial charge in [-0.05, 0) is 57.2 Å². The van der Waals surface area contributed by atoms with Gasteiger partial charge in [0.1, 0.15) is 5.82 Å². The van der Waals surface area contributed by atoms with Gasteiger partial charge in [0.2, 0.25) is 11.8 Å². The minimum Gasteiger partial charge on any atom is -0.326 e. The number of hydrogen-bond donors (Lipinski definition) is 2. The van der Waals surface area contributed by atoms with Crippen molar-refractivity contribution in [1.29, 1.82) is 0 Å². The molecule has 1 unspecified atom stereocenters. The van der Waals surface area contributed by atoms with Crippen LogP contribution in [-0.4, -0.2) is 31.8 Å². The summed E-state index contributed by atoms with van der Waals surface area (Å²) in [4.78, 5) is 25.0. The van der Waals surface area contributed by atoms with Crippen molar-refractivity contribution in [2.75, 3.05) is 10.6 Å². The van der Waals surface area contributed by atoms with Gasteiger partial charge in [-0.15, -0.1) is 10.2 Å². The number of nitrogens with zero attached hydrogens (tertiary/aromatic N) is 3. The van der Waals surface area contributed by atoms with Crippen molar-refractivity contribution < 1.29 is 9.59 Å². The van der Waals surface area contributed by atoms with E-state index in [-0.39, 0.29) is 23.5 Å². The first-order chi connectivity index (χ1) is 14.9. The molecule has 9 heteroatoms. The van der Waals surface area contributed by atoms with Gasteiger partial charge in [0.25, 0.3) is 0 Å². The molecule has 2 N–H and O–H groups in total. The van der Waals surface area contributed by atoms with E-state index in [0.29, 0.717) is 28.2 Å². The Labute approximate surface area is 190 Å². The van der Waals surface area contributed by atoms with E-state index in [1.54, 1.807) is 24.3 Å². The Balaban J connectivity index is 1.61. The summed E-state index contributed by atoms with van der Waals surface area (Å²) in [5, 5.41) is 14.9. The molecule has 31 heavy (non-hydrogen) atoms. The standard InChI is InChI=1S/C22H24ClN5O2S/c1-4-28-19(13-20(29)24-17-11-7-16(23)8-12-17)26-27-22(28)31-15(3)21(30)25-18-9-5-14(2)6-10-18/h5-12,15H,4,13H2,1-3H3,(H,24,29)(H,25,30). The maximum Gasteiger partial charge on any atom is 0.237 e. The van der Waals surface area contributed by atoms with E-state index in [2.05, 4.69) is 20.8 Å². The molecule has 2 amide bonds. The summed E-state index contributed by atoms with van der Waals surface area (Å²) in [5.74, 6) is 0.218. The summed E-state index contributed by atoms with van der Waals surface area (Å²) in [6.07, 6.45) is 0.0774. The molecule has 0 spiro atoms. The Morgan fingerprint density at radius 3 is 2.29 bits per heavy atom. The zero-order valence-corrected chi connectivity index (χ0v) is 19.1. The van der Waals surface area contributed by atoms with Crippen LogP contribution < -0.4 is 10.6 Å². The van der Waals surface area contributed by atoms with Crippen LogP contribution in [0.2, 0.25) is 5.02 Å². The zero-order valence-electron chi connectivity index (χ0n) is 17.6. The molecule has 0 fully saturated rings. The number of amides is 2. The van der Waals surface area contributed by atoms with E-state index in [4.69, 9.17) is 11.6 Å².